The molecule has 0 saturated heterocycles. The molecule has 0 saturated carbocycles. The molecule has 0 aromatic heterocycles. The molecule has 0 atom stereocenters. The maximum absolute atomic E-state index is 2.38. The second kappa shape index (κ2) is 5.22. The quantitative estimate of drug-likeness (QED) is 0.409. The summed E-state index contributed by atoms with van der Waals surface area (Å²) < 4.78 is 0. The number of anilines is 3. The number of hydrogen-bond donors (Lipinski definition) is 0. The molecule has 0 radical (unpaired) electrons. The summed E-state index contributed by atoms with van der Waals surface area (Å²) in [6.45, 7) is 4.33. The van der Waals surface area contributed by atoms with Crippen LogP contribution in [0.5, 0.6) is 0 Å². The maximum Gasteiger partial charge on any atom is 0.0601 e. The summed E-state index contributed by atoms with van der Waals surface area (Å²) >= 11 is 1.85. The number of fused-ring (bicyclic) bond motifs is 2. The Morgan fingerprint density at radius 1 is 0.682 bits per heavy atom. The van der Waals surface area contributed by atoms with Gasteiger partial charge in [-0.3, -0.25) is 0 Å². The summed E-state index contributed by atoms with van der Waals surface area (Å²) in [5.74, 6) is 0. The fourth-order valence-electron chi connectivity index (χ4n) is 3.02. The Morgan fingerprint density at radius 2 is 1.27 bits per heavy atom. The Balaban J connectivity index is 1.98. The average molecular weight is 303 g/mol. The molecule has 3 aromatic carbocycles. The lowest BCUT2D eigenvalue weighted by Gasteiger charge is -2.33. The van der Waals surface area contributed by atoms with Gasteiger partial charge >= 0.3 is 0 Å². The van der Waals surface area contributed by atoms with Crippen molar-refractivity contribution in [2.45, 2.75) is 23.6 Å². The van der Waals surface area contributed by atoms with E-state index in [-0.39, 0.29) is 0 Å². The van der Waals surface area contributed by atoms with Crippen molar-refractivity contribution in [1.29, 1.82) is 0 Å². The molecule has 0 unspecified atom stereocenters. The lowest BCUT2D eigenvalue weighted by atomic mass is 10.1. The molecule has 1 nitrogen and oxygen atoms in total. The van der Waals surface area contributed by atoms with Crippen LogP contribution in [-0.4, -0.2) is 0 Å². The van der Waals surface area contributed by atoms with Gasteiger partial charge in [0.15, 0.2) is 0 Å². The van der Waals surface area contributed by atoms with E-state index < -0.39 is 0 Å². The van der Waals surface area contributed by atoms with Crippen molar-refractivity contribution in [3.63, 3.8) is 0 Å². The second-order valence-electron chi connectivity index (χ2n) is 5.66. The van der Waals surface area contributed by atoms with Crippen molar-refractivity contribution in [3.8, 4) is 0 Å². The topological polar surface area (TPSA) is 3.24 Å². The number of para-hydroxylation sites is 2. The van der Waals surface area contributed by atoms with Gasteiger partial charge in [0.25, 0.3) is 0 Å². The van der Waals surface area contributed by atoms with Gasteiger partial charge in [-0.05, 0) is 49.7 Å². The van der Waals surface area contributed by atoms with E-state index in [1.165, 1.54) is 38.0 Å². The predicted molar refractivity (Wildman–Crippen MR) is 94.7 cm³/mol. The van der Waals surface area contributed by atoms with E-state index in [1.807, 2.05) is 11.8 Å². The summed E-state index contributed by atoms with van der Waals surface area (Å²) in [7, 11) is 0. The van der Waals surface area contributed by atoms with E-state index in [2.05, 4.69) is 85.5 Å². The Hall–Kier alpha value is -2.19. The van der Waals surface area contributed by atoms with E-state index in [1.54, 1.807) is 0 Å². The first-order valence-corrected chi connectivity index (χ1v) is 8.29. The summed E-state index contributed by atoms with van der Waals surface area (Å²) in [5, 5.41) is 0. The average Bonchev–Trinajstić information content (AvgIpc) is 2.53. The molecule has 3 aromatic rings. The third kappa shape index (κ3) is 2.11. The number of hydrogen-bond acceptors (Lipinski definition) is 2. The van der Waals surface area contributed by atoms with Crippen LogP contribution in [0, 0.1) is 13.8 Å². The third-order valence-corrected chi connectivity index (χ3v) is 5.16. The number of nitrogens with zero attached hydrogens (tertiary/aromatic N) is 1. The van der Waals surface area contributed by atoms with Gasteiger partial charge < -0.3 is 4.90 Å². The fourth-order valence-corrected chi connectivity index (χ4v) is 4.08. The van der Waals surface area contributed by atoms with Crippen LogP contribution in [0.2, 0.25) is 0 Å². The van der Waals surface area contributed by atoms with Crippen LogP contribution in [-0.2, 0) is 0 Å². The van der Waals surface area contributed by atoms with Crippen molar-refractivity contribution < 1.29 is 0 Å². The highest BCUT2D eigenvalue weighted by atomic mass is 32.2. The first-order valence-electron chi connectivity index (χ1n) is 7.47. The molecule has 0 N–H and O–H groups in total. The van der Waals surface area contributed by atoms with Crippen molar-refractivity contribution in [2.24, 2.45) is 0 Å². The normalized spacial score (nSPS) is 12.7. The van der Waals surface area contributed by atoms with Crippen molar-refractivity contribution >= 4 is 28.8 Å². The molecule has 0 amide bonds. The predicted octanol–water partition coefficient (Wildman–Crippen LogP) is 6.24. The smallest absolute Gasteiger partial charge is 0.0601 e. The molecule has 0 aliphatic carbocycles. The van der Waals surface area contributed by atoms with Gasteiger partial charge in [-0.2, -0.15) is 0 Å². The minimum atomic E-state index is 1.26. The van der Waals surface area contributed by atoms with Crippen LogP contribution in [0.4, 0.5) is 17.1 Å². The maximum atomic E-state index is 2.38. The highest BCUT2D eigenvalue weighted by Crippen LogP contribution is 2.51. The molecule has 1 aliphatic heterocycles. The zero-order valence-electron chi connectivity index (χ0n) is 12.7. The lowest BCUT2D eigenvalue weighted by Crippen LogP contribution is -2.15. The molecule has 22 heavy (non-hydrogen) atoms. The second-order valence-corrected chi connectivity index (χ2v) is 6.75. The van der Waals surface area contributed by atoms with E-state index >= 15 is 0 Å². The molecule has 1 heterocycles. The fraction of sp³-hybridized carbons (Fsp3) is 0.100. The van der Waals surface area contributed by atoms with Gasteiger partial charge in [0.1, 0.15) is 0 Å². The minimum Gasteiger partial charge on any atom is -0.308 e. The first kappa shape index (κ1) is 13.5. The highest BCUT2D eigenvalue weighted by molar-refractivity contribution is 7.99. The van der Waals surface area contributed by atoms with Crippen LogP contribution in [0.1, 0.15) is 11.1 Å². The van der Waals surface area contributed by atoms with Gasteiger partial charge in [0.05, 0.1) is 11.4 Å². The van der Waals surface area contributed by atoms with Crippen molar-refractivity contribution in [1.82, 2.24) is 0 Å². The molecule has 108 valence electrons. The van der Waals surface area contributed by atoms with E-state index in [9.17, 15) is 0 Å². The van der Waals surface area contributed by atoms with Crippen LogP contribution >= 0.6 is 11.8 Å². The Morgan fingerprint density at radius 3 is 1.86 bits per heavy atom. The summed E-state index contributed by atoms with van der Waals surface area (Å²) in [6.07, 6.45) is 0. The zero-order valence-corrected chi connectivity index (χ0v) is 13.5. The number of aryl methyl sites for hydroxylation is 2. The molecule has 1 aliphatic rings. The summed E-state index contributed by atoms with van der Waals surface area (Å²) in [5.41, 5.74) is 6.38. The van der Waals surface area contributed by atoms with Gasteiger partial charge in [0, 0.05) is 15.5 Å². The summed E-state index contributed by atoms with van der Waals surface area (Å²) in [6, 6.07) is 23.9. The lowest BCUT2D eigenvalue weighted by molar-refractivity contribution is 1.15. The summed E-state index contributed by atoms with van der Waals surface area (Å²) in [4.78, 5) is 5.00. The molecule has 0 fully saturated rings. The zero-order chi connectivity index (χ0) is 15.1. The standard InChI is InChI=1S/C20H17NS/c1-14-11-12-16(15(2)13-14)21-17-7-3-5-9-19(17)22-20-10-6-4-8-18(20)21/h3-13H,1-2H3. The third-order valence-electron chi connectivity index (χ3n) is 4.03. The van der Waals surface area contributed by atoms with E-state index in [0.717, 1.165) is 0 Å². The molecular weight excluding hydrogens is 286 g/mol. The van der Waals surface area contributed by atoms with Crippen LogP contribution in [0.25, 0.3) is 0 Å². The van der Waals surface area contributed by atoms with Crippen LogP contribution < -0.4 is 4.90 Å². The SMILES string of the molecule is Cc1ccc(N2c3ccccc3Sc3ccccc32)c(C)c1. The first-order chi connectivity index (χ1) is 10.7. The van der Waals surface area contributed by atoms with Crippen molar-refractivity contribution in [3.05, 3.63) is 77.9 Å². The molecular formula is C20H17NS. The minimum absolute atomic E-state index is 1.26. The van der Waals surface area contributed by atoms with Gasteiger partial charge in [-0.1, -0.05) is 53.7 Å². The monoisotopic (exact) mass is 303 g/mol. The molecule has 0 bridgehead atoms. The number of benzene rings is 3. The number of rotatable bonds is 1. The van der Waals surface area contributed by atoms with Crippen LogP contribution in [0.3, 0.4) is 0 Å². The van der Waals surface area contributed by atoms with Gasteiger partial charge in [-0.25, -0.2) is 0 Å². The Bertz CT molecular complexity index is 808. The van der Waals surface area contributed by atoms with Gasteiger partial charge in [0.2, 0.25) is 0 Å². The molecule has 4 rings (SSSR count). The highest BCUT2D eigenvalue weighted by Gasteiger charge is 2.24. The van der Waals surface area contributed by atoms with E-state index in [4.69, 9.17) is 0 Å². The van der Waals surface area contributed by atoms with E-state index in [0.29, 0.717) is 0 Å². The van der Waals surface area contributed by atoms with Crippen molar-refractivity contribution in [2.75, 3.05) is 4.90 Å². The Kier molecular flexibility index (Phi) is 3.20. The van der Waals surface area contributed by atoms with Gasteiger partial charge in [-0.15, -0.1) is 0 Å². The van der Waals surface area contributed by atoms with Crippen LogP contribution in [0.15, 0.2) is 76.5 Å². The molecule has 0 spiro atoms. The largest absolute Gasteiger partial charge is 0.308 e. The Labute approximate surface area is 135 Å². The molecule has 2 heteroatoms.